The summed E-state index contributed by atoms with van der Waals surface area (Å²) in [5.41, 5.74) is 3.05. The quantitative estimate of drug-likeness (QED) is 0.785. The summed E-state index contributed by atoms with van der Waals surface area (Å²) in [4.78, 5) is 24.1. The van der Waals surface area contributed by atoms with Crippen molar-refractivity contribution in [2.75, 3.05) is 14.2 Å². The van der Waals surface area contributed by atoms with Crippen LogP contribution in [0.25, 0.3) is 6.08 Å². The summed E-state index contributed by atoms with van der Waals surface area (Å²) in [6.45, 7) is 6.29. The molecule has 1 aliphatic carbocycles. The number of rotatable bonds is 2. The highest BCUT2D eigenvalue weighted by Crippen LogP contribution is 2.42. The van der Waals surface area contributed by atoms with E-state index in [-0.39, 0.29) is 5.41 Å². The van der Waals surface area contributed by atoms with E-state index in [1.807, 2.05) is 18.2 Å². The predicted octanol–water partition coefficient (Wildman–Crippen LogP) is 2.81. The number of ether oxygens (including phenoxy) is 2. The van der Waals surface area contributed by atoms with Crippen LogP contribution in [-0.4, -0.2) is 26.2 Å². The molecule has 1 unspecified atom stereocenters. The molecule has 21 heavy (non-hydrogen) atoms. The van der Waals surface area contributed by atoms with Crippen molar-refractivity contribution < 1.29 is 19.1 Å². The predicted molar refractivity (Wildman–Crippen MR) is 79.9 cm³/mol. The van der Waals surface area contributed by atoms with E-state index in [9.17, 15) is 9.59 Å². The summed E-state index contributed by atoms with van der Waals surface area (Å²) in [5, 5.41) is 0. The van der Waals surface area contributed by atoms with Crippen molar-refractivity contribution in [1.29, 1.82) is 0 Å². The monoisotopic (exact) mass is 288 g/mol. The number of methoxy groups -OCH3 is 2. The third-order valence-electron chi connectivity index (χ3n) is 3.73. The van der Waals surface area contributed by atoms with E-state index in [0.717, 1.165) is 16.7 Å². The number of carbonyl (C=O) groups excluding carboxylic acids is 2. The van der Waals surface area contributed by atoms with Crippen LogP contribution in [0.1, 0.15) is 43.4 Å². The zero-order valence-electron chi connectivity index (χ0n) is 13.0. The van der Waals surface area contributed by atoms with Gasteiger partial charge in [-0.05, 0) is 28.2 Å². The lowest BCUT2D eigenvalue weighted by molar-refractivity contribution is -0.144. The van der Waals surface area contributed by atoms with E-state index in [4.69, 9.17) is 9.47 Å². The Kier molecular flexibility index (Phi) is 3.90. The Morgan fingerprint density at radius 2 is 1.76 bits per heavy atom. The highest BCUT2D eigenvalue weighted by Gasteiger charge is 2.38. The lowest BCUT2D eigenvalue weighted by Crippen LogP contribution is -2.20. The zero-order valence-corrected chi connectivity index (χ0v) is 13.0. The van der Waals surface area contributed by atoms with Crippen molar-refractivity contribution in [2.24, 2.45) is 0 Å². The first-order valence-corrected chi connectivity index (χ1v) is 6.82. The minimum absolute atomic E-state index is 0.0892. The minimum Gasteiger partial charge on any atom is -0.468 e. The lowest BCUT2D eigenvalue weighted by Gasteiger charge is -2.22. The van der Waals surface area contributed by atoms with Crippen LogP contribution in [0.15, 0.2) is 23.8 Å². The molecule has 0 N–H and O–H groups in total. The summed E-state index contributed by atoms with van der Waals surface area (Å²) < 4.78 is 9.65. The van der Waals surface area contributed by atoms with Gasteiger partial charge in [0.05, 0.1) is 19.8 Å². The fraction of sp³-hybridized carbons (Fsp3) is 0.412. The Hall–Kier alpha value is -2.10. The van der Waals surface area contributed by atoms with Gasteiger partial charge in [-0.3, -0.25) is 4.79 Å². The first kappa shape index (κ1) is 15.3. The maximum absolute atomic E-state index is 12.1. The van der Waals surface area contributed by atoms with Crippen molar-refractivity contribution in [2.45, 2.75) is 32.1 Å². The molecular formula is C17H20O4. The Bertz CT molecular complexity index is 620. The Balaban J connectivity index is 2.65. The van der Waals surface area contributed by atoms with Gasteiger partial charge in [0, 0.05) is 0 Å². The van der Waals surface area contributed by atoms with Crippen molar-refractivity contribution in [3.63, 3.8) is 0 Å². The summed E-state index contributed by atoms with van der Waals surface area (Å²) >= 11 is 0. The zero-order chi connectivity index (χ0) is 15.8. The Labute approximate surface area is 124 Å². The average molecular weight is 288 g/mol. The van der Waals surface area contributed by atoms with Crippen LogP contribution in [0.3, 0.4) is 0 Å². The SMILES string of the molecule is COC(=O)C1=Cc2c(cccc2C(C)(C)C)C1C(=O)OC. The van der Waals surface area contributed by atoms with Crippen molar-refractivity contribution in [3.8, 4) is 0 Å². The molecule has 0 bridgehead atoms. The number of benzene rings is 1. The molecule has 0 saturated carbocycles. The average Bonchev–Trinajstić information content (AvgIpc) is 2.83. The van der Waals surface area contributed by atoms with Gasteiger partial charge < -0.3 is 9.47 Å². The van der Waals surface area contributed by atoms with Gasteiger partial charge in [-0.15, -0.1) is 0 Å². The van der Waals surface area contributed by atoms with Gasteiger partial charge >= 0.3 is 11.9 Å². The van der Waals surface area contributed by atoms with E-state index in [2.05, 4.69) is 20.8 Å². The number of hydrogen-bond acceptors (Lipinski definition) is 4. The second kappa shape index (κ2) is 5.35. The normalized spacial score (nSPS) is 17.0. The van der Waals surface area contributed by atoms with Crippen molar-refractivity contribution in [1.82, 2.24) is 0 Å². The second-order valence-corrected chi connectivity index (χ2v) is 6.11. The Morgan fingerprint density at radius 3 is 2.29 bits per heavy atom. The standard InChI is InChI=1S/C17H20O4/c1-17(2,3)13-8-6-7-10-11(13)9-12(15(18)20-4)14(10)16(19)21-5/h6-9,14H,1-5H3. The largest absolute Gasteiger partial charge is 0.468 e. The van der Waals surface area contributed by atoms with Crippen LogP contribution in [0.5, 0.6) is 0 Å². The highest BCUT2D eigenvalue weighted by molar-refractivity contribution is 6.06. The molecule has 0 saturated heterocycles. The van der Waals surface area contributed by atoms with Gasteiger partial charge in [0.1, 0.15) is 5.92 Å². The summed E-state index contributed by atoms with van der Waals surface area (Å²) in [7, 11) is 2.63. The highest BCUT2D eigenvalue weighted by atomic mass is 16.5. The molecule has 1 atom stereocenters. The van der Waals surface area contributed by atoms with E-state index in [0.29, 0.717) is 5.57 Å². The van der Waals surface area contributed by atoms with E-state index < -0.39 is 17.9 Å². The smallest absolute Gasteiger partial charge is 0.334 e. The van der Waals surface area contributed by atoms with Crippen LogP contribution >= 0.6 is 0 Å². The molecule has 0 amide bonds. The van der Waals surface area contributed by atoms with Gasteiger partial charge in [0.2, 0.25) is 0 Å². The molecule has 0 aromatic heterocycles. The molecule has 0 spiro atoms. The van der Waals surface area contributed by atoms with Gasteiger partial charge in [-0.1, -0.05) is 39.0 Å². The third kappa shape index (κ3) is 2.58. The molecule has 0 heterocycles. The molecule has 2 rings (SSSR count). The van der Waals surface area contributed by atoms with Crippen molar-refractivity contribution in [3.05, 3.63) is 40.5 Å². The molecular weight excluding hydrogens is 268 g/mol. The van der Waals surface area contributed by atoms with Crippen LogP contribution in [-0.2, 0) is 24.5 Å². The summed E-state index contributed by atoms with van der Waals surface area (Å²) in [6, 6.07) is 5.78. The van der Waals surface area contributed by atoms with E-state index >= 15 is 0 Å². The van der Waals surface area contributed by atoms with Gasteiger partial charge in [0.15, 0.2) is 0 Å². The number of carbonyl (C=O) groups is 2. The van der Waals surface area contributed by atoms with Crippen molar-refractivity contribution >= 4 is 18.0 Å². The molecule has 4 nitrogen and oxygen atoms in total. The van der Waals surface area contributed by atoms with Crippen LogP contribution < -0.4 is 0 Å². The summed E-state index contributed by atoms with van der Waals surface area (Å²) in [6.07, 6.45) is 1.75. The van der Waals surface area contributed by atoms with Crippen LogP contribution in [0.2, 0.25) is 0 Å². The number of hydrogen-bond donors (Lipinski definition) is 0. The van der Waals surface area contributed by atoms with E-state index in [1.165, 1.54) is 14.2 Å². The molecule has 0 aliphatic heterocycles. The van der Waals surface area contributed by atoms with Gasteiger partial charge in [-0.25, -0.2) is 4.79 Å². The van der Waals surface area contributed by atoms with Gasteiger partial charge in [0.25, 0.3) is 0 Å². The third-order valence-corrected chi connectivity index (χ3v) is 3.73. The fourth-order valence-electron chi connectivity index (χ4n) is 2.72. The van der Waals surface area contributed by atoms with E-state index in [1.54, 1.807) is 6.08 Å². The molecule has 0 fully saturated rings. The van der Waals surface area contributed by atoms with Crippen LogP contribution in [0.4, 0.5) is 0 Å². The van der Waals surface area contributed by atoms with Gasteiger partial charge in [-0.2, -0.15) is 0 Å². The minimum atomic E-state index is -0.709. The first-order valence-electron chi connectivity index (χ1n) is 6.82. The maximum Gasteiger partial charge on any atom is 0.334 e. The molecule has 0 radical (unpaired) electrons. The lowest BCUT2D eigenvalue weighted by atomic mass is 9.82. The molecule has 112 valence electrons. The summed E-state index contributed by atoms with van der Waals surface area (Å²) in [5.74, 6) is -1.65. The Morgan fingerprint density at radius 1 is 1.10 bits per heavy atom. The number of fused-ring (bicyclic) bond motifs is 1. The molecule has 4 heteroatoms. The fourth-order valence-corrected chi connectivity index (χ4v) is 2.72. The first-order chi connectivity index (χ1) is 9.81. The topological polar surface area (TPSA) is 52.6 Å². The number of esters is 2. The molecule has 1 aromatic rings. The maximum atomic E-state index is 12.1. The second-order valence-electron chi connectivity index (χ2n) is 6.11. The van der Waals surface area contributed by atoms with Crippen LogP contribution in [0, 0.1) is 0 Å². The molecule has 1 aliphatic rings. The molecule has 1 aromatic carbocycles.